The molecule has 0 aliphatic rings. The molecule has 0 unspecified atom stereocenters. The smallest absolute Gasteiger partial charge is 0.372 e. The topological polar surface area (TPSA) is 90.1 Å². The van der Waals surface area contributed by atoms with Crippen LogP contribution in [0.3, 0.4) is 0 Å². The lowest BCUT2D eigenvalue weighted by Gasteiger charge is -2.04. The molecular weight excluding hydrogens is 240 g/mol. The van der Waals surface area contributed by atoms with Crippen LogP contribution in [0.1, 0.15) is 21.1 Å². The van der Waals surface area contributed by atoms with Gasteiger partial charge in [0.1, 0.15) is 11.3 Å². The molecule has 0 saturated carbocycles. The van der Waals surface area contributed by atoms with Crippen LogP contribution in [-0.2, 0) is 4.74 Å². The van der Waals surface area contributed by atoms with Crippen LogP contribution in [0.2, 0.25) is 0 Å². The quantitative estimate of drug-likeness (QED) is 0.811. The van der Waals surface area contributed by atoms with E-state index in [0.717, 1.165) is 0 Å². The number of fused-ring (bicyclic) bond motifs is 1. The zero-order valence-corrected chi connectivity index (χ0v) is 9.71. The molecule has 0 saturated heterocycles. The van der Waals surface area contributed by atoms with Crippen molar-refractivity contribution in [2.45, 2.75) is 0 Å². The molecule has 7 heteroatoms. The van der Waals surface area contributed by atoms with Gasteiger partial charge in [0.25, 0.3) is 0 Å². The van der Waals surface area contributed by atoms with E-state index in [9.17, 15) is 9.59 Å². The van der Waals surface area contributed by atoms with Gasteiger partial charge >= 0.3 is 11.9 Å². The van der Waals surface area contributed by atoms with Crippen LogP contribution in [0, 0.1) is 0 Å². The summed E-state index contributed by atoms with van der Waals surface area (Å²) in [5, 5.41) is 9.04. The second-order valence-corrected chi connectivity index (χ2v) is 3.38. The van der Waals surface area contributed by atoms with E-state index in [-0.39, 0.29) is 17.0 Å². The van der Waals surface area contributed by atoms with Crippen molar-refractivity contribution >= 4 is 17.5 Å². The van der Waals surface area contributed by atoms with E-state index in [2.05, 4.69) is 9.72 Å². The van der Waals surface area contributed by atoms with Crippen LogP contribution in [0.15, 0.2) is 18.3 Å². The van der Waals surface area contributed by atoms with Crippen LogP contribution >= 0.6 is 0 Å². The number of ether oxygens (including phenoxy) is 2. The molecule has 18 heavy (non-hydrogen) atoms. The third kappa shape index (κ3) is 1.65. The van der Waals surface area contributed by atoms with E-state index in [4.69, 9.17) is 9.84 Å². The van der Waals surface area contributed by atoms with Crippen molar-refractivity contribution in [1.82, 2.24) is 9.38 Å². The summed E-state index contributed by atoms with van der Waals surface area (Å²) in [6, 6.07) is 3.20. The maximum atomic E-state index is 11.6. The van der Waals surface area contributed by atoms with Crippen LogP contribution in [0.25, 0.3) is 5.52 Å². The van der Waals surface area contributed by atoms with Gasteiger partial charge in [0.05, 0.1) is 14.2 Å². The number of imidazole rings is 1. The van der Waals surface area contributed by atoms with Crippen molar-refractivity contribution in [3.63, 3.8) is 0 Å². The number of hydrogen-bond donors (Lipinski definition) is 1. The number of nitrogens with zero attached hydrogens (tertiary/aromatic N) is 2. The summed E-state index contributed by atoms with van der Waals surface area (Å²) >= 11 is 0. The summed E-state index contributed by atoms with van der Waals surface area (Å²) in [5.41, 5.74) is 0.177. The predicted octanol–water partition coefficient (Wildman–Crippen LogP) is 0.828. The molecule has 2 rings (SSSR count). The largest absolute Gasteiger partial charge is 0.494 e. The molecule has 0 spiro atoms. The number of carbonyl (C=O) groups is 2. The number of hydrogen-bond acceptors (Lipinski definition) is 5. The van der Waals surface area contributed by atoms with Gasteiger partial charge in [-0.15, -0.1) is 0 Å². The van der Waals surface area contributed by atoms with Gasteiger partial charge in [-0.25, -0.2) is 14.6 Å². The molecule has 0 aliphatic carbocycles. The fourth-order valence-corrected chi connectivity index (χ4v) is 1.66. The first-order valence-electron chi connectivity index (χ1n) is 4.96. The first-order chi connectivity index (χ1) is 8.60. The lowest BCUT2D eigenvalue weighted by Crippen LogP contribution is -2.04. The lowest BCUT2D eigenvalue weighted by atomic mass is 10.3. The number of methoxy groups -OCH3 is 2. The van der Waals surface area contributed by atoms with Crippen LogP contribution in [-0.4, -0.2) is 40.6 Å². The Morgan fingerprint density at radius 1 is 1.39 bits per heavy atom. The maximum absolute atomic E-state index is 11.6. The minimum atomic E-state index is -1.24. The van der Waals surface area contributed by atoms with Gasteiger partial charge in [-0.2, -0.15) is 0 Å². The van der Waals surface area contributed by atoms with E-state index >= 15 is 0 Å². The van der Waals surface area contributed by atoms with Crippen molar-refractivity contribution in [1.29, 1.82) is 0 Å². The van der Waals surface area contributed by atoms with Gasteiger partial charge in [0, 0.05) is 6.20 Å². The molecule has 2 heterocycles. The Kier molecular flexibility index (Phi) is 2.88. The highest BCUT2D eigenvalue weighted by Crippen LogP contribution is 2.24. The first-order valence-corrected chi connectivity index (χ1v) is 4.96. The van der Waals surface area contributed by atoms with Gasteiger partial charge in [0.2, 0.25) is 5.82 Å². The third-order valence-corrected chi connectivity index (χ3v) is 2.42. The zero-order chi connectivity index (χ0) is 13.3. The van der Waals surface area contributed by atoms with Crippen molar-refractivity contribution in [3.8, 4) is 5.75 Å². The Morgan fingerprint density at radius 2 is 2.11 bits per heavy atom. The number of carboxylic acids is 1. The Labute approximate surface area is 102 Å². The molecule has 7 nitrogen and oxygen atoms in total. The Balaban J connectivity index is 2.85. The summed E-state index contributed by atoms with van der Waals surface area (Å²) < 4.78 is 10.9. The lowest BCUT2D eigenvalue weighted by molar-refractivity contribution is 0.0596. The number of pyridine rings is 1. The molecule has 0 aliphatic heterocycles. The molecule has 0 bridgehead atoms. The normalized spacial score (nSPS) is 10.3. The highest BCUT2D eigenvalue weighted by Gasteiger charge is 2.24. The van der Waals surface area contributed by atoms with Crippen molar-refractivity contribution in [3.05, 3.63) is 29.8 Å². The van der Waals surface area contributed by atoms with Gasteiger partial charge in [0.15, 0.2) is 5.69 Å². The van der Waals surface area contributed by atoms with Crippen LogP contribution < -0.4 is 4.74 Å². The average Bonchev–Trinajstić information content (AvgIpc) is 2.77. The van der Waals surface area contributed by atoms with Crippen molar-refractivity contribution in [2.75, 3.05) is 14.2 Å². The number of aromatic nitrogens is 2. The summed E-state index contributed by atoms with van der Waals surface area (Å²) in [5.74, 6) is -1.89. The van der Waals surface area contributed by atoms with Crippen molar-refractivity contribution < 1.29 is 24.2 Å². The molecule has 1 N–H and O–H groups in total. The third-order valence-electron chi connectivity index (χ3n) is 2.42. The van der Waals surface area contributed by atoms with E-state index < -0.39 is 11.9 Å². The van der Waals surface area contributed by atoms with Gasteiger partial charge in [-0.3, -0.25) is 4.40 Å². The maximum Gasteiger partial charge on any atom is 0.372 e. The summed E-state index contributed by atoms with van der Waals surface area (Å²) in [6.45, 7) is 0. The molecule has 0 aromatic carbocycles. The van der Waals surface area contributed by atoms with Crippen LogP contribution in [0.4, 0.5) is 0 Å². The fourth-order valence-electron chi connectivity index (χ4n) is 1.66. The predicted molar refractivity (Wildman–Crippen MR) is 60.0 cm³/mol. The summed E-state index contributed by atoms with van der Waals surface area (Å²) in [6.07, 6.45) is 1.49. The molecule has 0 amide bonds. The summed E-state index contributed by atoms with van der Waals surface area (Å²) in [4.78, 5) is 26.4. The molecule has 0 atom stereocenters. The number of esters is 1. The Bertz CT molecular complexity index is 632. The highest BCUT2D eigenvalue weighted by atomic mass is 16.5. The number of aromatic carboxylic acids is 1. The molecule has 0 radical (unpaired) electrons. The van der Waals surface area contributed by atoms with Gasteiger partial charge in [-0.1, -0.05) is 0 Å². The van der Waals surface area contributed by atoms with E-state index in [1.165, 1.54) is 24.8 Å². The molecule has 2 aromatic heterocycles. The van der Waals surface area contributed by atoms with Gasteiger partial charge < -0.3 is 14.6 Å². The number of carboxylic acid groups (broad SMARTS) is 1. The fraction of sp³-hybridized carbons (Fsp3) is 0.182. The minimum absolute atomic E-state index is 0.0904. The Morgan fingerprint density at radius 3 is 2.67 bits per heavy atom. The molecule has 94 valence electrons. The van der Waals surface area contributed by atoms with E-state index in [1.807, 2.05) is 0 Å². The van der Waals surface area contributed by atoms with Crippen molar-refractivity contribution in [2.24, 2.45) is 0 Å². The SMILES string of the molecule is COC(=O)c1nc(C(=O)O)n2cccc(OC)c12. The number of carbonyl (C=O) groups excluding carboxylic acids is 1. The standard InChI is InChI=1S/C11H10N2O5/c1-17-6-4-3-5-13-8(6)7(11(16)18-2)12-9(13)10(14)15/h3-5H,1-2H3,(H,14,15). The minimum Gasteiger partial charge on any atom is -0.494 e. The number of rotatable bonds is 3. The monoisotopic (exact) mass is 250 g/mol. The zero-order valence-electron chi connectivity index (χ0n) is 9.71. The molecule has 2 aromatic rings. The molecular formula is C11H10N2O5. The second-order valence-electron chi connectivity index (χ2n) is 3.38. The molecule has 0 fully saturated rings. The first kappa shape index (κ1) is 11.9. The van der Waals surface area contributed by atoms with Crippen LogP contribution in [0.5, 0.6) is 5.75 Å². The van der Waals surface area contributed by atoms with Gasteiger partial charge in [-0.05, 0) is 12.1 Å². The average molecular weight is 250 g/mol. The van der Waals surface area contributed by atoms with E-state index in [1.54, 1.807) is 12.1 Å². The van der Waals surface area contributed by atoms with E-state index in [0.29, 0.717) is 5.75 Å². The highest BCUT2D eigenvalue weighted by molar-refractivity contribution is 5.99. The Hall–Kier alpha value is -2.57. The summed E-state index contributed by atoms with van der Waals surface area (Å²) in [7, 11) is 2.62. The second kappa shape index (κ2) is 4.36.